The third-order valence-corrected chi connectivity index (χ3v) is 4.43. The quantitative estimate of drug-likeness (QED) is 0.325. The molecule has 0 bridgehead atoms. The van der Waals surface area contributed by atoms with Crippen LogP contribution < -0.4 is 20.2 Å². The van der Waals surface area contributed by atoms with Gasteiger partial charge in [-0.2, -0.15) is 5.10 Å². The Labute approximate surface area is 186 Å². The van der Waals surface area contributed by atoms with Gasteiger partial charge in [-0.15, -0.1) is 0 Å². The number of carbonyl (C=O) groups excluding carboxylic acids is 2. The lowest BCUT2D eigenvalue weighted by Gasteiger charge is -2.09. The van der Waals surface area contributed by atoms with Gasteiger partial charge in [0.2, 0.25) is 0 Å². The second kappa shape index (κ2) is 11.1. The summed E-state index contributed by atoms with van der Waals surface area (Å²) in [4.78, 5) is 25.4. The number of amides is 2. The van der Waals surface area contributed by atoms with Crippen LogP contribution in [0, 0.1) is 0 Å². The van der Waals surface area contributed by atoms with Gasteiger partial charge in [0, 0.05) is 5.56 Å². The smallest absolute Gasteiger partial charge is 0.287 e. The van der Waals surface area contributed by atoms with Gasteiger partial charge in [-0.05, 0) is 53.6 Å². The van der Waals surface area contributed by atoms with Crippen LogP contribution in [0.1, 0.15) is 21.5 Å². The normalized spacial score (nSPS) is 11.1. The first-order valence-electron chi connectivity index (χ1n) is 9.78. The minimum Gasteiger partial charge on any atom is -0.497 e. The minimum atomic E-state index is -0.566. The fraction of sp³-hybridized carbons (Fsp3) is 0.0800. The van der Waals surface area contributed by atoms with Crippen molar-refractivity contribution in [2.75, 3.05) is 14.2 Å². The van der Waals surface area contributed by atoms with Crippen LogP contribution in [0.25, 0.3) is 6.08 Å². The van der Waals surface area contributed by atoms with E-state index in [4.69, 9.17) is 9.47 Å². The summed E-state index contributed by atoms with van der Waals surface area (Å²) in [6.45, 7) is 0. The second-order valence-electron chi connectivity index (χ2n) is 6.63. The van der Waals surface area contributed by atoms with Gasteiger partial charge in [-0.3, -0.25) is 9.59 Å². The van der Waals surface area contributed by atoms with Crippen LogP contribution >= 0.6 is 0 Å². The zero-order valence-electron chi connectivity index (χ0n) is 17.7. The van der Waals surface area contributed by atoms with Crippen molar-refractivity contribution in [3.05, 3.63) is 101 Å². The van der Waals surface area contributed by atoms with Gasteiger partial charge in [0.15, 0.2) is 0 Å². The van der Waals surface area contributed by atoms with E-state index in [1.54, 1.807) is 74.9 Å². The zero-order valence-corrected chi connectivity index (χ0v) is 17.7. The average Bonchev–Trinajstić information content (AvgIpc) is 2.84. The number of nitrogens with one attached hydrogen (secondary N) is 2. The van der Waals surface area contributed by atoms with E-state index in [0.717, 1.165) is 5.56 Å². The molecule has 0 atom stereocenters. The first kappa shape index (κ1) is 22.3. The van der Waals surface area contributed by atoms with Gasteiger partial charge in [0.1, 0.15) is 17.2 Å². The average molecular weight is 429 g/mol. The fourth-order valence-electron chi connectivity index (χ4n) is 2.76. The molecule has 3 aromatic carbocycles. The molecular formula is C25H23N3O4. The van der Waals surface area contributed by atoms with E-state index in [1.165, 1.54) is 6.21 Å². The first-order valence-corrected chi connectivity index (χ1v) is 9.78. The lowest BCUT2D eigenvalue weighted by Crippen LogP contribution is -2.32. The van der Waals surface area contributed by atoms with E-state index in [2.05, 4.69) is 15.8 Å². The Hall–Kier alpha value is -4.39. The molecule has 0 saturated carbocycles. The van der Waals surface area contributed by atoms with Gasteiger partial charge in [0.25, 0.3) is 11.8 Å². The molecule has 0 aliphatic rings. The second-order valence-corrected chi connectivity index (χ2v) is 6.63. The van der Waals surface area contributed by atoms with Gasteiger partial charge in [0.05, 0.1) is 20.4 Å². The number of benzene rings is 3. The number of methoxy groups -OCH3 is 2. The Kier molecular flexibility index (Phi) is 7.75. The third kappa shape index (κ3) is 6.30. The minimum absolute atomic E-state index is 0.0480. The molecule has 3 aromatic rings. The standard InChI is InChI=1S/C25H23N3O4/c1-31-21-13-11-18(12-14-21)16-23(27-24(29)20-8-4-3-5-9-20)25(30)28-26-17-19-7-6-10-22(15-19)32-2/h3-17H,1-2H3,(H,27,29)(H,28,30)/b23-16+,26-17-. The highest BCUT2D eigenvalue weighted by Gasteiger charge is 2.14. The molecule has 0 aliphatic carbocycles. The van der Waals surface area contributed by atoms with Crippen LogP contribution in [0.4, 0.5) is 0 Å². The zero-order chi connectivity index (χ0) is 22.8. The van der Waals surface area contributed by atoms with Crippen molar-refractivity contribution < 1.29 is 19.1 Å². The maximum absolute atomic E-state index is 12.8. The highest BCUT2D eigenvalue weighted by Crippen LogP contribution is 2.14. The Morgan fingerprint density at radius 1 is 0.812 bits per heavy atom. The van der Waals surface area contributed by atoms with Crippen LogP contribution in [0.2, 0.25) is 0 Å². The maximum atomic E-state index is 12.8. The van der Waals surface area contributed by atoms with Gasteiger partial charge in [-0.25, -0.2) is 5.43 Å². The number of hydrazone groups is 1. The van der Waals surface area contributed by atoms with Crippen molar-refractivity contribution in [1.29, 1.82) is 0 Å². The Bertz CT molecular complexity index is 1120. The summed E-state index contributed by atoms with van der Waals surface area (Å²) in [7, 11) is 3.15. The molecule has 0 radical (unpaired) electrons. The topological polar surface area (TPSA) is 89.0 Å². The molecule has 7 heteroatoms. The van der Waals surface area contributed by atoms with Crippen LogP contribution in [-0.2, 0) is 4.79 Å². The van der Waals surface area contributed by atoms with E-state index in [1.807, 2.05) is 24.3 Å². The number of rotatable bonds is 8. The SMILES string of the molecule is COc1ccc(/C=C(/NC(=O)c2ccccc2)C(=O)N/N=C\c2cccc(OC)c2)cc1. The predicted molar refractivity (Wildman–Crippen MR) is 124 cm³/mol. The highest BCUT2D eigenvalue weighted by atomic mass is 16.5. The van der Waals surface area contributed by atoms with E-state index in [0.29, 0.717) is 22.6 Å². The lowest BCUT2D eigenvalue weighted by molar-refractivity contribution is -0.117. The molecule has 0 unspecified atom stereocenters. The third-order valence-electron chi connectivity index (χ3n) is 4.43. The highest BCUT2D eigenvalue weighted by molar-refractivity contribution is 6.05. The van der Waals surface area contributed by atoms with Crippen LogP contribution in [-0.4, -0.2) is 32.2 Å². The molecule has 0 aliphatic heterocycles. The largest absolute Gasteiger partial charge is 0.497 e. The summed E-state index contributed by atoms with van der Waals surface area (Å²) in [5.41, 5.74) is 4.39. The summed E-state index contributed by atoms with van der Waals surface area (Å²) >= 11 is 0. The molecule has 3 rings (SSSR count). The molecule has 0 spiro atoms. The maximum Gasteiger partial charge on any atom is 0.287 e. The Morgan fingerprint density at radius 2 is 1.53 bits per heavy atom. The summed E-state index contributed by atoms with van der Waals surface area (Å²) in [5, 5.41) is 6.66. The van der Waals surface area contributed by atoms with E-state index >= 15 is 0 Å². The van der Waals surface area contributed by atoms with Crippen LogP contribution in [0.3, 0.4) is 0 Å². The fourth-order valence-corrected chi connectivity index (χ4v) is 2.76. The summed E-state index contributed by atoms with van der Waals surface area (Å²) < 4.78 is 10.3. The lowest BCUT2D eigenvalue weighted by atomic mass is 10.1. The first-order chi connectivity index (χ1) is 15.6. The molecule has 7 nitrogen and oxygen atoms in total. The molecular weight excluding hydrogens is 406 g/mol. The summed E-state index contributed by atoms with van der Waals surface area (Å²) in [6, 6.07) is 23.0. The number of hydrogen-bond acceptors (Lipinski definition) is 5. The molecule has 32 heavy (non-hydrogen) atoms. The van der Waals surface area contributed by atoms with Crippen molar-refractivity contribution in [3.63, 3.8) is 0 Å². The summed E-state index contributed by atoms with van der Waals surface area (Å²) in [5.74, 6) is 0.390. The number of hydrogen-bond donors (Lipinski definition) is 2. The monoisotopic (exact) mass is 429 g/mol. The number of ether oxygens (including phenoxy) is 2. The summed E-state index contributed by atoms with van der Waals surface area (Å²) in [6.07, 6.45) is 3.06. The Morgan fingerprint density at radius 3 is 2.22 bits per heavy atom. The van der Waals surface area contributed by atoms with Crippen molar-refractivity contribution >= 4 is 24.1 Å². The molecule has 0 fully saturated rings. The predicted octanol–water partition coefficient (Wildman–Crippen LogP) is 3.63. The molecule has 0 heterocycles. The van der Waals surface area contributed by atoms with Crippen molar-refractivity contribution in [3.8, 4) is 11.5 Å². The van der Waals surface area contributed by atoms with Gasteiger partial charge < -0.3 is 14.8 Å². The molecule has 162 valence electrons. The van der Waals surface area contributed by atoms with E-state index in [9.17, 15) is 9.59 Å². The van der Waals surface area contributed by atoms with Crippen molar-refractivity contribution in [2.45, 2.75) is 0 Å². The number of nitrogens with zero attached hydrogens (tertiary/aromatic N) is 1. The van der Waals surface area contributed by atoms with E-state index < -0.39 is 11.8 Å². The van der Waals surface area contributed by atoms with Crippen molar-refractivity contribution in [1.82, 2.24) is 10.7 Å². The molecule has 0 saturated heterocycles. The van der Waals surface area contributed by atoms with Crippen molar-refractivity contribution in [2.24, 2.45) is 5.10 Å². The van der Waals surface area contributed by atoms with Crippen LogP contribution in [0.15, 0.2) is 89.7 Å². The Balaban J connectivity index is 1.79. The van der Waals surface area contributed by atoms with Gasteiger partial charge >= 0.3 is 0 Å². The molecule has 0 aromatic heterocycles. The number of carbonyl (C=O) groups is 2. The molecule has 2 amide bonds. The molecule has 2 N–H and O–H groups in total. The van der Waals surface area contributed by atoms with E-state index in [-0.39, 0.29) is 5.70 Å². The van der Waals surface area contributed by atoms with Crippen LogP contribution in [0.5, 0.6) is 11.5 Å². The van der Waals surface area contributed by atoms with Gasteiger partial charge in [-0.1, -0.05) is 42.5 Å².